The number of allylic oxidation sites excluding steroid dienone is 2. The lowest BCUT2D eigenvalue weighted by molar-refractivity contribution is 0.0972. The van der Waals surface area contributed by atoms with E-state index in [4.69, 9.17) is 16.6 Å². The van der Waals surface area contributed by atoms with Gasteiger partial charge in [-0.1, -0.05) is 57.5 Å². The summed E-state index contributed by atoms with van der Waals surface area (Å²) in [5, 5.41) is 23.4. The van der Waals surface area contributed by atoms with Gasteiger partial charge in [-0.25, -0.2) is 0 Å². The summed E-state index contributed by atoms with van der Waals surface area (Å²) in [6, 6.07) is 7.38. The average Bonchev–Trinajstić information content (AvgIpc) is 3.20. The van der Waals surface area contributed by atoms with Crippen molar-refractivity contribution in [2.75, 3.05) is 0 Å². The van der Waals surface area contributed by atoms with Crippen molar-refractivity contribution < 1.29 is 10.2 Å². The van der Waals surface area contributed by atoms with E-state index < -0.39 is 12.2 Å². The lowest BCUT2D eigenvalue weighted by Crippen LogP contribution is -2.29. The Morgan fingerprint density at radius 3 is 2.47 bits per heavy atom. The molecule has 2 N–H and O–H groups in total. The molecule has 4 heteroatoms. The molecular weight excluding hydrogens is 394 g/mol. The highest BCUT2D eigenvalue weighted by molar-refractivity contribution is 6.30. The Kier molecular flexibility index (Phi) is 5.82. The van der Waals surface area contributed by atoms with E-state index in [9.17, 15) is 10.2 Å². The summed E-state index contributed by atoms with van der Waals surface area (Å²) in [5.41, 5.74) is 6.83. The average molecular weight is 426 g/mol. The van der Waals surface area contributed by atoms with Crippen LogP contribution in [0.2, 0.25) is 5.02 Å². The maximum Gasteiger partial charge on any atom is 0.106 e. The standard InChI is InChI=1S/C26H32ClNO2/c1-15(2)24-23(25(30)17-9-11-18(27)12-10-17)21(16-7-5-6-8-16)22-19(28-24)13-26(3,4)14-20(22)29/h7,9-12,15,20,25,29-30H,5-6,8,13-14H2,1-4H3. The fraction of sp³-hybridized carbons (Fsp3) is 0.500. The third-order valence-corrected chi connectivity index (χ3v) is 6.73. The molecule has 0 fully saturated rings. The second-order valence-corrected chi connectivity index (χ2v) is 10.4. The Labute approximate surface area is 184 Å². The molecule has 1 aromatic carbocycles. The van der Waals surface area contributed by atoms with Crippen LogP contribution in [0.15, 0.2) is 30.3 Å². The van der Waals surface area contributed by atoms with Crippen LogP contribution in [-0.2, 0) is 6.42 Å². The minimum atomic E-state index is -0.809. The van der Waals surface area contributed by atoms with Gasteiger partial charge < -0.3 is 10.2 Å². The summed E-state index contributed by atoms with van der Waals surface area (Å²) in [6.07, 6.45) is 5.59. The van der Waals surface area contributed by atoms with Gasteiger partial charge in [-0.15, -0.1) is 0 Å². The maximum atomic E-state index is 11.6. The smallest absolute Gasteiger partial charge is 0.106 e. The zero-order chi connectivity index (χ0) is 21.6. The number of fused-ring (bicyclic) bond motifs is 1. The molecule has 2 aromatic rings. The molecule has 0 saturated carbocycles. The van der Waals surface area contributed by atoms with Gasteiger partial charge in [-0.05, 0) is 72.3 Å². The molecular formula is C26H32ClNO2. The van der Waals surface area contributed by atoms with Crippen molar-refractivity contribution in [3.8, 4) is 0 Å². The molecule has 160 valence electrons. The number of aliphatic hydroxyl groups excluding tert-OH is 2. The van der Waals surface area contributed by atoms with Crippen LogP contribution < -0.4 is 0 Å². The van der Waals surface area contributed by atoms with E-state index in [1.165, 1.54) is 5.57 Å². The number of aromatic nitrogens is 1. The molecule has 2 unspecified atom stereocenters. The van der Waals surface area contributed by atoms with E-state index in [1.54, 1.807) is 0 Å². The number of rotatable bonds is 4. The van der Waals surface area contributed by atoms with E-state index in [1.807, 2.05) is 24.3 Å². The number of halogens is 1. The van der Waals surface area contributed by atoms with Gasteiger partial charge in [-0.2, -0.15) is 0 Å². The first-order chi connectivity index (χ1) is 14.2. The van der Waals surface area contributed by atoms with Crippen LogP contribution in [-0.4, -0.2) is 15.2 Å². The lowest BCUT2D eigenvalue weighted by Gasteiger charge is -2.37. The zero-order valence-corrected chi connectivity index (χ0v) is 19.1. The summed E-state index contributed by atoms with van der Waals surface area (Å²) in [4.78, 5) is 5.08. The topological polar surface area (TPSA) is 53.4 Å². The quantitative estimate of drug-likeness (QED) is 0.586. The Balaban J connectivity index is 2.00. The molecule has 2 aliphatic carbocycles. The van der Waals surface area contributed by atoms with Crippen molar-refractivity contribution in [2.24, 2.45) is 5.41 Å². The van der Waals surface area contributed by atoms with Crippen LogP contribution in [0.1, 0.15) is 105 Å². The number of pyridine rings is 1. The summed E-state index contributed by atoms with van der Waals surface area (Å²) in [7, 11) is 0. The minimum absolute atomic E-state index is 0.00526. The van der Waals surface area contributed by atoms with Crippen LogP contribution in [0.4, 0.5) is 0 Å². The molecule has 0 saturated heterocycles. The van der Waals surface area contributed by atoms with E-state index in [2.05, 4.69) is 33.8 Å². The summed E-state index contributed by atoms with van der Waals surface area (Å²) in [5.74, 6) is 0.162. The monoisotopic (exact) mass is 425 g/mol. The molecule has 0 radical (unpaired) electrons. The Morgan fingerprint density at radius 2 is 1.87 bits per heavy atom. The van der Waals surface area contributed by atoms with E-state index in [-0.39, 0.29) is 11.3 Å². The van der Waals surface area contributed by atoms with Crippen molar-refractivity contribution in [3.63, 3.8) is 0 Å². The Bertz CT molecular complexity index is 976. The van der Waals surface area contributed by atoms with Gasteiger partial charge in [0.1, 0.15) is 6.10 Å². The van der Waals surface area contributed by atoms with Crippen LogP contribution >= 0.6 is 11.6 Å². The first-order valence-electron chi connectivity index (χ1n) is 11.1. The van der Waals surface area contributed by atoms with Gasteiger partial charge in [0.05, 0.1) is 6.10 Å². The first kappa shape index (κ1) is 21.5. The van der Waals surface area contributed by atoms with Crippen molar-refractivity contribution in [1.29, 1.82) is 0 Å². The van der Waals surface area contributed by atoms with Crippen LogP contribution in [0, 0.1) is 5.41 Å². The summed E-state index contributed by atoms with van der Waals surface area (Å²) < 4.78 is 0. The van der Waals surface area contributed by atoms with Gasteiger partial charge in [0.25, 0.3) is 0 Å². The predicted molar refractivity (Wildman–Crippen MR) is 123 cm³/mol. The number of nitrogens with zero attached hydrogens (tertiary/aromatic N) is 1. The summed E-state index contributed by atoms with van der Waals surface area (Å²) in [6.45, 7) is 8.65. The van der Waals surface area contributed by atoms with Crippen LogP contribution in [0.25, 0.3) is 5.57 Å². The molecule has 30 heavy (non-hydrogen) atoms. The fourth-order valence-electron chi connectivity index (χ4n) is 5.10. The second-order valence-electron chi connectivity index (χ2n) is 9.94. The van der Waals surface area contributed by atoms with E-state index >= 15 is 0 Å². The van der Waals surface area contributed by atoms with E-state index in [0.717, 1.165) is 59.3 Å². The van der Waals surface area contributed by atoms with Gasteiger partial charge in [0, 0.05) is 27.5 Å². The number of aliphatic hydroxyl groups is 2. The molecule has 0 aliphatic heterocycles. The zero-order valence-electron chi connectivity index (χ0n) is 18.4. The summed E-state index contributed by atoms with van der Waals surface area (Å²) >= 11 is 6.08. The highest BCUT2D eigenvalue weighted by atomic mass is 35.5. The molecule has 2 aliphatic rings. The van der Waals surface area contributed by atoms with Gasteiger partial charge in [0.2, 0.25) is 0 Å². The molecule has 4 rings (SSSR count). The lowest BCUT2D eigenvalue weighted by atomic mass is 9.71. The van der Waals surface area contributed by atoms with E-state index in [0.29, 0.717) is 11.4 Å². The fourth-order valence-corrected chi connectivity index (χ4v) is 5.23. The third kappa shape index (κ3) is 3.95. The third-order valence-electron chi connectivity index (χ3n) is 6.47. The van der Waals surface area contributed by atoms with Crippen molar-refractivity contribution >= 4 is 17.2 Å². The number of hydrogen-bond donors (Lipinski definition) is 2. The molecule has 2 atom stereocenters. The Morgan fingerprint density at radius 1 is 1.17 bits per heavy atom. The van der Waals surface area contributed by atoms with Crippen LogP contribution in [0.3, 0.4) is 0 Å². The van der Waals surface area contributed by atoms with Gasteiger partial charge in [0.15, 0.2) is 0 Å². The molecule has 1 heterocycles. The highest BCUT2D eigenvalue weighted by Gasteiger charge is 2.38. The Hall–Kier alpha value is -1.68. The minimum Gasteiger partial charge on any atom is -0.388 e. The van der Waals surface area contributed by atoms with Gasteiger partial charge >= 0.3 is 0 Å². The number of hydrogen-bond acceptors (Lipinski definition) is 3. The molecule has 0 bridgehead atoms. The maximum absolute atomic E-state index is 11.6. The molecule has 0 amide bonds. The highest BCUT2D eigenvalue weighted by Crippen LogP contribution is 2.48. The first-order valence-corrected chi connectivity index (χ1v) is 11.4. The normalized spacial score (nSPS) is 21.5. The van der Waals surface area contributed by atoms with Crippen molar-refractivity contribution in [1.82, 2.24) is 4.98 Å². The molecule has 0 spiro atoms. The SMILES string of the molecule is CC(C)c1nc2c(c(C3=CCCC3)c1C(O)c1ccc(Cl)cc1)C(O)CC(C)(C)C2. The van der Waals surface area contributed by atoms with Gasteiger partial charge in [-0.3, -0.25) is 4.98 Å². The molecule has 1 aromatic heterocycles. The van der Waals surface area contributed by atoms with Crippen molar-refractivity contribution in [3.05, 3.63) is 69.0 Å². The van der Waals surface area contributed by atoms with Crippen LogP contribution in [0.5, 0.6) is 0 Å². The van der Waals surface area contributed by atoms with Crippen molar-refractivity contribution in [2.45, 2.75) is 77.9 Å². The predicted octanol–water partition coefficient (Wildman–Crippen LogP) is 6.51. The number of benzene rings is 1. The largest absolute Gasteiger partial charge is 0.388 e. The molecule has 3 nitrogen and oxygen atoms in total. The second kappa shape index (κ2) is 8.11.